The molecule has 0 aliphatic rings. The van der Waals surface area contributed by atoms with E-state index in [1.54, 1.807) is 0 Å². The molecular weight excluding hydrogens is 116 g/mol. The molecule has 4 N–H and O–H groups in total. The van der Waals surface area contributed by atoms with Crippen LogP contribution >= 0.6 is 0 Å². The molecule has 0 radical (unpaired) electrons. The van der Waals surface area contributed by atoms with E-state index in [4.69, 9.17) is 11.5 Å². The van der Waals surface area contributed by atoms with E-state index < -0.39 is 6.04 Å². The van der Waals surface area contributed by atoms with Crippen molar-refractivity contribution in [2.75, 3.05) is 6.54 Å². The zero-order chi connectivity index (χ0) is 7.11. The van der Waals surface area contributed by atoms with Gasteiger partial charge in [0.25, 0.3) is 0 Å². The van der Waals surface area contributed by atoms with Gasteiger partial charge in [0.15, 0.2) is 0 Å². The van der Waals surface area contributed by atoms with E-state index in [-0.39, 0.29) is 0 Å². The summed E-state index contributed by atoms with van der Waals surface area (Å²) in [7, 11) is 0. The van der Waals surface area contributed by atoms with Crippen LogP contribution in [0.4, 0.5) is 0 Å². The van der Waals surface area contributed by atoms with Crippen molar-refractivity contribution in [3.63, 3.8) is 0 Å². The van der Waals surface area contributed by atoms with Crippen molar-refractivity contribution in [2.45, 2.75) is 12.5 Å². The van der Waals surface area contributed by atoms with E-state index in [2.05, 4.69) is 11.8 Å². The third-order valence-corrected chi connectivity index (χ3v) is 0.685. The summed E-state index contributed by atoms with van der Waals surface area (Å²) in [5, 5.41) is 0. The van der Waals surface area contributed by atoms with Crippen LogP contribution in [0, 0.1) is 11.8 Å². The molecule has 0 bridgehead atoms. The highest BCUT2D eigenvalue weighted by molar-refractivity contribution is 5.62. The summed E-state index contributed by atoms with van der Waals surface area (Å²) >= 11 is 0. The minimum Gasteiger partial charge on any atom is -0.330 e. The number of carbonyl (C=O) groups is 1. The molecule has 0 aromatic heterocycles. The van der Waals surface area contributed by atoms with Crippen molar-refractivity contribution in [2.24, 2.45) is 11.5 Å². The Morgan fingerprint density at radius 3 is 2.78 bits per heavy atom. The number of hydrogen-bond donors (Lipinski definition) is 2. The maximum atomic E-state index is 9.84. The lowest BCUT2D eigenvalue weighted by atomic mass is 10.3. The molecule has 0 saturated carbocycles. The summed E-state index contributed by atoms with van der Waals surface area (Å²) in [6.45, 7) is 0.512. The third kappa shape index (κ3) is 5.01. The van der Waals surface area contributed by atoms with Crippen LogP contribution in [0.15, 0.2) is 0 Å². The molecule has 50 valence electrons. The number of aldehydes is 1. The molecule has 0 rings (SSSR count). The molecule has 1 atom stereocenters. The molecule has 3 heteroatoms. The average molecular weight is 126 g/mol. The largest absolute Gasteiger partial charge is 0.330 e. The van der Waals surface area contributed by atoms with Gasteiger partial charge < -0.3 is 16.3 Å². The highest BCUT2D eigenvalue weighted by atomic mass is 16.1. The SMILES string of the molecule is NCCC#CC(N)C=O. The normalized spacial score (nSPS) is 11.3. The number of carbonyl (C=O) groups excluding carboxylic acids is 1. The van der Waals surface area contributed by atoms with Crippen molar-refractivity contribution in [3.8, 4) is 11.8 Å². The lowest BCUT2D eigenvalue weighted by molar-refractivity contribution is -0.107. The van der Waals surface area contributed by atoms with Gasteiger partial charge in [0.05, 0.1) is 0 Å². The summed E-state index contributed by atoms with van der Waals surface area (Å²) in [5.41, 5.74) is 10.3. The first kappa shape index (κ1) is 8.15. The molecular formula is C6H10N2O. The minimum atomic E-state index is -0.642. The van der Waals surface area contributed by atoms with Gasteiger partial charge in [0.1, 0.15) is 12.3 Å². The molecule has 0 heterocycles. The van der Waals surface area contributed by atoms with E-state index in [1.165, 1.54) is 0 Å². The molecule has 0 saturated heterocycles. The highest BCUT2D eigenvalue weighted by Gasteiger charge is 1.87. The fraction of sp³-hybridized carbons (Fsp3) is 0.500. The van der Waals surface area contributed by atoms with E-state index in [0.29, 0.717) is 19.3 Å². The molecule has 0 spiro atoms. The second-order valence-electron chi connectivity index (χ2n) is 1.52. The minimum absolute atomic E-state index is 0.512. The molecule has 3 nitrogen and oxygen atoms in total. The van der Waals surface area contributed by atoms with Crippen molar-refractivity contribution in [3.05, 3.63) is 0 Å². The average Bonchev–Trinajstić information content (AvgIpc) is 1.89. The van der Waals surface area contributed by atoms with Gasteiger partial charge in [-0.1, -0.05) is 11.8 Å². The molecule has 1 unspecified atom stereocenters. The van der Waals surface area contributed by atoms with Gasteiger partial charge in [-0.2, -0.15) is 0 Å². The van der Waals surface area contributed by atoms with E-state index >= 15 is 0 Å². The second-order valence-corrected chi connectivity index (χ2v) is 1.52. The van der Waals surface area contributed by atoms with Crippen molar-refractivity contribution in [1.29, 1.82) is 0 Å². The standard InChI is InChI=1S/C6H10N2O/c7-4-2-1-3-6(8)5-9/h5-6H,2,4,7-8H2. The zero-order valence-electron chi connectivity index (χ0n) is 5.13. The van der Waals surface area contributed by atoms with Crippen molar-refractivity contribution < 1.29 is 4.79 Å². The number of nitrogens with two attached hydrogens (primary N) is 2. The van der Waals surface area contributed by atoms with E-state index in [9.17, 15) is 4.79 Å². The van der Waals surface area contributed by atoms with Crippen LogP contribution in [-0.2, 0) is 4.79 Å². The highest BCUT2D eigenvalue weighted by Crippen LogP contribution is 1.69. The summed E-state index contributed by atoms with van der Waals surface area (Å²) in [5.74, 6) is 5.17. The Morgan fingerprint density at radius 2 is 2.33 bits per heavy atom. The van der Waals surface area contributed by atoms with Gasteiger partial charge in [-0.05, 0) is 0 Å². The van der Waals surface area contributed by atoms with Crippen LogP contribution in [0.25, 0.3) is 0 Å². The molecule has 0 amide bonds. The predicted octanol–water partition coefficient (Wildman–Crippen LogP) is -1.14. The van der Waals surface area contributed by atoms with E-state index in [0.717, 1.165) is 0 Å². The second kappa shape index (κ2) is 5.29. The molecule has 0 aliphatic carbocycles. The van der Waals surface area contributed by atoms with Gasteiger partial charge in [-0.15, -0.1) is 0 Å². The van der Waals surface area contributed by atoms with Gasteiger partial charge >= 0.3 is 0 Å². The van der Waals surface area contributed by atoms with E-state index in [1.807, 2.05) is 0 Å². The Morgan fingerprint density at radius 1 is 1.67 bits per heavy atom. The van der Waals surface area contributed by atoms with Crippen molar-refractivity contribution >= 4 is 6.29 Å². The first-order chi connectivity index (χ1) is 4.31. The fourth-order valence-electron chi connectivity index (χ4n) is 0.296. The fourth-order valence-corrected chi connectivity index (χ4v) is 0.296. The topological polar surface area (TPSA) is 69.1 Å². The van der Waals surface area contributed by atoms with Crippen LogP contribution in [0.1, 0.15) is 6.42 Å². The van der Waals surface area contributed by atoms with Crippen LogP contribution in [0.5, 0.6) is 0 Å². The number of rotatable bonds is 2. The maximum absolute atomic E-state index is 9.84. The molecule has 0 aromatic carbocycles. The summed E-state index contributed by atoms with van der Waals surface area (Å²) in [4.78, 5) is 9.84. The monoisotopic (exact) mass is 126 g/mol. The first-order valence-electron chi connectivity index (χ1n) is 2.70. The maximum Gasteiger partial charge on any atom is 0.148 e. The summed E-state index contributed by atoms with van der Waals surface area (Å²) in [6.07, 6.45) is 1.20. The Kier molecular flexibility index (Phi) is 4.79. The van der Waals surface area contributed by atoms with Gasteiger partial charge in [-0.25, -0.2) is 0 Å². The molecule has 0 aliphatic heterocycles. The van der Waals surface area contributed by atoms with Gasteiger partial charge in [-0.3, -0.25) is 0 Å². The van der Waals surface area contributed by atoms with Crippen LogP contribution in [0.2, 0.25) is 0 Å². The smallest absolute Gasteiger partial charge is 0.148 e. The quantitative estimate of drug-likeness (QED) is 0.363. The Labute approximate surface area is 54.4 Å². The van der Waals surface area contributed by atoms with Crippen LogP contribution < -0.4 is 11.5 Å². The summed E-state index contributed by atoms with van der Waals surface area (Å²) < 4.78 is 0. The lowest BCUT2D eigenvalue weighted by Gasteiger charge is -1.85. The Hall–Kier alpha value is -0.850. The number of hydrogen-bond acceptors (Lipinski definition) is 3. The summed E-state index contributed by atoms with van der Waals surface area (Å²) in [6, 6.07) is -0.642. The van der Waals surface area contributed by atoms with Gasteiger partial charge in [0.2, 0.25) is 0 Å². The Bertz CT molecular complexity index is 134. The van der Waals surface area contributed by atoms with Crippen LogP contribution in [0.3, 0.4) is 0 Å². The predicted molar refractivity (Wildman–Crippen MR) is 35.5 cm³/mol. The molecule has 9 heavy (non-hydrogen) atoms. The van der Waals surface area contributed by atoms with Gasteiger partial charge in [0, 0.05) is 13.0 Å². The third-order valence-electron chi connectivity index (χ3n) is 0.685. The first-order valence-corrected chi connectivity index (χ1v) is 2.70. The zero-order valence-corrected chi connectivity index (χ0v) is 5.13. The lowest BCUT2D eigenvalue weighted by Crippen LogP contribution is -2.18. The molecule has 0 aromatic rings. The molecule has 0 fully saturated rings. The Balaban J connectivity index is 3.45. The van der Waals surface area contributed by atoms with Crippen molar-refractivity contribution in [1.82, 2.24) is 0 Å². The van der Waals surface area contributed by atoms with Crippen LogP contribution in [-0.4, -0.2) is 18.9 Å².